The van der Waals surface area contributed by atoms with Gasteiger partial charge in [0, 0.05) is 26.3 Å². The van der Waals surface area contributed by atoms with E-state index in [-0.39, 0.29) is 12.0 Å². The maximum Gasteiger partial charge on any atom is 0.407 e. The van der Waals surface area contributed by atoms with Crippen LogP contribution in [0.15, 0.2) is 0 Å². The van der Waals surface area contributed by atoms with E-state index in [1.165, 1.54) is 146 Å². The molecule has 1 fully saturated rings. The van der Waals surface area contributed by atoms with Crippen molar-refractivity contribution in [1.29, 1.82) is 0 Å². The molecule has 0 bridgehead atoms. The van der Waals surface area contributed by atoms with Crippen LogP contribution in [0.1, 0.15) is 181 Å². The summed E-state index contributed by atoms with van der Waals surface area (Å²) in [7, 11) is 0. The molecule has 1 aliphatic heterocycles. The van der Waals surface area contributed by atoms with Crippen molar-refractivity contribution in [3.63, 3.8) is 0 Å². The monoisotopic (exact) mass is 625 g/mol. The summed E-state index contributed by atoms with van der Waals surface area (Å²) in [5, 5.41) is 12.3. The minimum Gasteiger partial charge on any atom is -0.465 e. The number of carbonyl (C=O) groups excluding carboxylic acids is 1. The molecule has 7 nitrogen and oxygen atoms in total. The maximum atomic E-state index is 12.7. The van der Waals surface area contributed by atoms with Crippen molar-refractivity contribution < 1.29 is 24.2 Å². The van der Waals surface area contributed by atoms with E-state index in [2.05, 4.69) is 19.2 Å². The summed E-state index contributed by atoms with van der Waals surface area (Å²) in [6, 6.07) is -0.591. The summed E-state index contributed by atoms with van der Waals surface area (Å²) in [5.74, 6) is -0.218. The molecule has 2 amide bonds. The molecule has 1 unspecified atom stereocenters. The number of rotatable bonds is 32. The van der Waals surface area contributed by atoms with E-state index < -0.39 is 12.1 Å². The van der Waals surface area contributed by atoms with E-state index in [1.807, 2.05) is 0 Å². The number of nitrogens with one attached hydrogen (secondary N) is 1. The first-order chi connectivity index (χ1) is 21.6. The Hall–Kier alpha value is -1.34. The normalized spacial score (nSPS) is 15.6. The van der Waals surface area contributed by atoms with Crippen molar-refractivity contribution in [2.45, 2.75) is 193 Å². The molecule has 2 N–H and O–H groups in total. The van der Waals surface area contributed by atoms with Gasteiger partial charge in [-0.3, -0.25) is 9.69 Å². The molecular formula is C37H72N2O5. The molecule has 0 aromatic carbocycles. The fourth-order valence-corrected chi connectivity index (χ4v) is 6.22. The van der Waals surface area contributed by atoms with Crippen LogP contribution in [0.2, 0.25) is 0 Å². The second kappa shape index (κ2) is 30.3. The molecule has 1 heterocycles. The number of carboxylic acid groups (broad SMARTS) is 1. The number of hydrogen-bond acceptors (Lipinski definition) is 4. The molecule has 7 heteroatoms. The number of nitrogens with zero attached hydrogens (tertiary/aromatic N) is 1. The Morgan fingerprint density at radius 3 is 1.57 bits per heavy atom. The molecule has 44 heavy (non-hydrogen) atoms. The highest BCUT2D eigenvalue weighted by molar-refractivity contribution is 5.85. The summed E-state index contributed by atoms with van der Waals surface area (Å²) in [6.45, 7) is 7.18. The zero-order valence-electron chi connectivity index (χ0n) is 29.1. The van der Waals surface area contributed by atoms with Crippen LogP contribution in [0, 0.1) is 0 Å². The van der Waals surface area contributed by atoms with Gasteiger partial charge in [0.1, 0.15) is 6.04 Å². The zero-order chi connectivity index (χ0) is 31.9. The minimum atomic E-state index is -1.02. The number of unbranched alkanes of at least 4 members (excludes halogenated alkanes) is 22. The smallest absolute Gasteiger partial charge is 0.407 e. The predicted molar refractivity (Wildman–Crippen MR) is 183 cm³/mol. The lowest BCUT2D eigenvalue weighted by molar-refractivity contribution is -0.126. The molecule has 0 aromatic rings. The fourth-order valence-electron chi connectivity index (χ4n) is 6.22. The van der Waals surface area contributed by atoms with E-state index in [9.17, 15) is 14.7 Å². The second-order valence-corrected chi connectivity index (χ2v) is 13.2. The number of hydrogen-bond donors (Lipinski definition) is 2. The molecule has 0 aromatic heterocycles. The van der Waals surface area contributed by atoms with E-state index >= 15 is 0 Å². The van der Waals surface area contributed by atoms with Gasteiger partial charge in [-0.15, -0.1) is 0 Å². The van der Waals surface area contributed by atoms with Crippen LogP contribution in [0.25, 0.3) is 0 Å². The molecule has 0 saturated carbocycles. The van der Waals surface area contributed by atoms with Crippen molar-refractivity contribution >= 4 is 12.0 Å². The summed E-state index contributed by atoms with van der Waals surface area (Å²) in [5.41, 5.74) is 0. The summed E-state index contributed by atoms with van der Waals surface area (Å²) in [4.78, 5) is 25.5. The first kappa shape index (κ1) is 40.7. The Kier molecular flexibility index (Phi) is 28.0. The SMILES string of the molecule is CCCCCCCCCCCCCCOCC(CNC(=O)[C@@H]1CCCN1C(=O)O)OCCCCCCCCCCCCCC. The minimum absolute atomic E-state index is 0.205. The van der Waals surface area contributed by atoms with Crippen LogP contribution in [0.4, 0.5) is 4.79 Å². The summed E-state index contributed by atoms with van der Waals surface area (Å²) < 4.78 is 12.2. The average molecular weight is 625 g/mol. The average Bonchev–Trinajstić information content (AvgIpc) is 3.52. The highest BCUT2D eigenvalue weighted by Gasteiger charge is 2.34. The van der Waals surface area contributed by atoms with Crippen LogP contribution < -0.4 is 5.32 Å². The highest BCUT2D eigenvalue weighted by Crippen LogP contribution is 2.18. The van der Waals surface area contributed by atoms with Crippen molar-refractivity contribution in [2.24, 2.45) is 0 Å². The second-order valence-electron chi connectivity index (χ2n) is 13.2. The summed E-state index contributed by atoms with van der Waals surface area (Å²) in [6.07, 6.45) is 31.7. The Labute approximate surface area is 272 Å². The van der Waals surface area contributed by atoms with Crippen molar-refractivity contribution in [3.05, 3.63) is 0 Å². The van der Waals surface area contributed by atoms with Gasteiger partial charge in [0.25, 0.3) is 0 Å². The van der Waals surface area contributed by atoms with Gasteiger partial charge in [0.15, 0.2) is 0 Å². The van der Waals surface area contributed by atoms with Gasteiger partial charge in [-0.25, -0.2) is 4.79 Å². The van der Waals surface area contributed by atoms with E-state index in [0.29, 0.717) is 32.7 Å². The van der Waals surface area contributed by atoms with Gasteiger partial charge in [-0.2, -0.15) is 0 Å². The van der Waals surface area contributed by atoms with Gasteiger partial charge in [0.05, 0.1) is 12.7 Å². The Bertz CT molecular complexity index is 662. The number of amides is 2. The predicted octanol–water partition coefficient (Wildman–Crippen LogP) is 10.0. The first-order valence-electron chi connectivity index (χ1n) is 19.1. The third-order valence-electron chi connectivity index (χ3n) is 9.10. The molecule has 1 aliphatic rings. The molecule has 2 atom stereocenters. The molecule has 0 aliphatic carbocycles. The lowest BCUT2D eigenvalue weighted by atomic mass is 10.1. The van der Waals surface area contributed by atoms with Crippen LogP contribution >= 0.6 is 0 Å². The lowest BCUT2D eigenvalue weighted by Crippen LogP contribution is -2.48. The van der Waals surface area contributed by atoms with E-state index in [0.717, 1.165) is 25.9 Å². The van der Waals surface area contributed by atoms with Crippen molar-refractivity contribution in [3.8, 4) is 0 Å². The quantitative estimate of drug-likeness (QED) is 0.0727. The number of likely N-dealkylation sites (tertiary alicyclic amines) is 1. The van der Waals surface area contributed by atoms with Gasteiger partial charge in [-0.05, 0) is 25.7 Å². The van der Waals surface area contributed by atoms with Crippen LogP contribution in [0.5, 0.6) is 0 Å². The lowest BCUT2D eigenvalue weighted by Gasteiger charge is -2.23. The topological polar surface area (TPSA) is 88.1 Å². The Morgan fingerprint density at radius 1 is 0.682 bits per heavy atom. The van der Waals surface area contributed by atoms with Gasteiger partial charge in [0.2, 0.25) is 5.91 Å². The molecule has 0 spiro atoms. The Balaban J connectivity index is 2.19. The first-order valence-corrected chi connectivity index (χ1v) is 19.1. The van der Waals surface area contributed by atoms with Gasteiger partial charge >= 0.3 is 6.09 Å². The van der Waals surface area contributed by atoms with Crippen LogP contribution in [-0.4, -0.2) is 67.1 Å². The van der Waals surface area contributed by atoms with Gasteiger partial charge < -0.3 is 19.9 Å². The molecule has 260 valence electrons. The van der Waals surface area contributed by atoms with Crippen molar-refractivity contribution in [1.82, 2.24) is 10.2 Å². The van der Waals surface area contributed by atoms with Gasteiger partial charge in [-0.1, -0.05) is 155 Å². The molecular weight excluding hydrogens is 552 g/mol. The van der Waals surface area contributed by atoms with E-state index in [1.54, 1.807) is 0 Å². The maximum absolute atomic E-state index is 12.7. The molecule has 1 rings (SSSR count). The number of carbonyl (C=O) groups is 2. The standard InChI is InChI=1S/C37H72N2O5/c1-3-5-7-9-11-13-15-17-19-21-23-25-30-43-33-34(32-38-36(40)35-28-27-29-39(35)37(41)42)44-31-26-24-22-20-18-16-14-12-10-8-6-4-2/h34-35H,3-33H2,1-2H3,(H,38,40)(H,41,42)/t34?,35-/m0/s1. The van der Waals surface area contributed by atoms with Crippen molar-refractivity contribution in [2.75, 3.05) is 32.9 Å². The molecule has 1 saturated heterocycles. The third kappa shape index (κ3) is 23.1. The van der Waals surface area contributed by atoms with Crippen LogP contribution in [0.3, 0.4) is 0 Å². The van der Waals surface area contributed by atoms with Crippen LogP contribution in [-0.2, 0) is 14.3 Å². The summed E-state index contributed by atoms with van der Waals surface area (Å²) >= 11 is 0. The largest absolute Gasteiger partial charge is 0.465 e. The fraction of sp³-hybridized carbons (Fsp3) is 0.946. The Morgan fingerprint density at radius 2 is 1.11 bits per heavy atom. The molecule has 0 radical (unpaired) electrons. The number of ether oxygens (including phenoxy) is 2. The van der Waals surface area contributed by atoms with E-state index in [4.69, 9.17) is 9.47 Å². The zero-order valence-corrected chi connectivity index (χ0v) is 29.1. The third-order valence-corrected chi connectivity index (χ3v) is 9.10. The highest BCUT2D eigenvalue weighted by atomic mass is 16.5.